The van der Waals surface area contributed by atoms with Crippen molar-refractivity contribution in [3.8, 4) is 11.5 Å². The third-order valence-electron chi connectivity index (χ3n) is 2.93. The van der Waals surface area contributed by atoms with Gasteiger partial charge in [0.2, 0.25) is 0 Å². The van der Waals surface area contributed by atoms with Gasteiger partial charge in [0, 0.05) is 6.08 Å². The topological polar surface area (TPSA) is 55.8 Å². The molecular formula is C17H15FO4. The summed E-state index contributed by atoms with van der Waals surface area (Å²) in [6.45, 7) is 0.201. The molecule has 0 aliphatic carbocycles. The van der Waals surface area contributed by atoms with Crippen molar-refractivity contribution in [2.24, 2.45) is 0 Å². The number of rotatable bonds is 6. The van der Waals surface area contributed by atoms with Gasteiger partial charge in [-0.15, -0.1) is 0 Å². The zero-order valence-corrected chi connectivity index (χ0v) is 12.0. The van der Waals surface area contributed by atoms with Crippen LogP contribution in [0.25, 0.3) is 6.08 Å². The van der Waals surface area contributed by atoms with E-state index in [0.29, 0.717) is 5.56 Å². The van der Waals surface area contributed by atoms with Crippen LogP contribution in [0.3, 0.4) is 0 Å². The molecule has 4 nitrogen and oxygen atoms in total. The number of benzene rings is 2. The van der Waals surface area contributed by atoms with Crippen molar-refractivity contribution in [3.63, 3.8) is 0 Å². The van der Waals surface area contributed by atoms with E-state index < -0.39 is 11.8 Å². The van der Waals surface area contributed by atoms with Crippen LogP contribution < -0.4 is 9.47 Å². The van der Waals surface area contributed by atoms with Crippen LogP contribution in [0.2, 0.25) is 0 Å². The van der Waals surface area contributed by atoms with Gasteiger partial charge in [-0.1, -0.05) is 18.2 Å². The SMILES string of the molecule is COc1ccc(COc2cc(/C=C/C(=O)O)ccc2F)cc1. The molecule has 0 aromatic heterocycles. The van der Waals surface area contributed by atoms with Crippen LogP contribution in [0.5, 0.6) is 11.5 Å². The van der Waals surface area contributed by atoms with Gasteiger partial charge < -0.3 is 14.6 Å². The van der Waals surface area contributed by atoms with E-state index in [1.54, 1.807) is 19.2 Å². The number of aliphatic carboxylic acids is 1. The van der Waals surface area contributed by atoms with E-state index in [4.69, 9.17) is 14.6 Å². The number of hydrogen-bond donors (Lipinski definition) is 1. The number of hydrogen-bond acceptors (Lipinski definition) is 3. The van der Waals surface area contributed by atoms with E-state index in [9.17, 15) is 9.18 Å². The molecule has 0 amide bonds. The summed E-state index contributed by atoms with van der Waals surface area (Å²) in [6, 6.07) is 11.4. The number of methoxy groups -OCH3 is 1. The summed E-state index contributed by atoms with van der Waals surface area (Å²) in [5.41, 5.74) is 1.42. The average Bonchev–Trinajstić information content (AvgIpc) is 2.53. The van der Waals surface area contributed by atoms with Crippen LogP contribution in [0.1, 0.15) is 11.1 Å². The van der Waals surface area contributed by atoms with Gasteiger partial charge in [0.1, 0.15) is 12.4 Å². The molecule has 22 heavy (non-hydrogen) atoms. The van der Waals surface area contributed by atoms with Gasteiger partial charge >= 0.3 is 5.97 Å². The molecule has 0 aliphatic heterocycles. The molecule has 2 rings (SSSR count). The van der Waals surface area contributed by atoms with Crippen molar-refractivity contribution in [2.75, 3.05) is 7.11 Å². The molecule has 0 radical (unpaired) electrons. The number of carbonyl (C=O) groups is 1. The molecular weight excluding hydrogens is 287 g/mol. The van der Waals surface area contributed by atoms with Crippen LogP contribution in [-0.4, -0.2) is 18.2 Å². The molecule has 0 spiro atoms. The van der Waals surface area contributed by atoms with Crippen LogP contribution in [0.15, 0.2) is 48.5 Å². The first-order chi connectivity index (χ1) is 10.6. The summed E-state index contributed by atoms with van der Waals surface area (Å²) in [5, 5.41) is 8.59. The first-order valence-corrected chi connectivity index (χ1v) is 6.55. The maximum Gasteiger partial charge on any atom is 0.328 e. The van der Waals surface area contributed by atoms with Crippen molar-refractivity contribution in [1.29, 1.82) is 0 Å². The quantitative estimate of drug-likeness (QED) is 0.830. The van der Waals surface area contributed by atoms with Crippen molar-refractivity contribution < 1.29 is 23.8 Å². The highest BCUT2D eigenvalue weighted by atomic mass is 19.1. The Labute approximate surface area is 127 Å². The molecule has 114 valence electrons. The van der Waals surface area contributed by atoms with E-state index in [0.717, 1.165) is 17.4 Å². The summed E-state index contributed by atoms with van der Waals surface area (Å²) in [6.07, 6.45) is 2.36. The Balaban J connectivity index is 2.07. The molecule has 0 heterocycles. The zero-order valence-electron chi connectivity index (χ0n) is 12.0. The molecule has 5 heteroatoms. The van der Waals surface area contributed by atoms with Gasteiger partial charge in [-0.3, -0.25) is 0 Å². The van der Waals surface area contributed by atoms with E-state index >= 15 is 0 Å². The number of ether oxygens (including phenoxy) is 2. The Kier molecular flexibility index (Phi) is 5.14. The molecule has 0 bridgehead atoms. The largest absolute Gasteiger partial charge is 0.497 e. The van der Waals surface area contributed by atoms with Crippen molar-refractivity contribution in [1.82, 2.24) is 0 Å². The molecule has 0 fully saturated rings. The zero-order chi connectivity index (χ0) is 15.9. The maximum absolute atomic E-state index is 13.7. The lowest BCUT2D eigenvalue weighted by molar-refractivity contribution is -0.131. The lowest BCUT2D eigenvalue weighted by Gasteiger charge is -2.09. The highest BCUT2D eigenvalue weighted by molar-refractivity contribution is 5.85. The minimum absolute atomic E-state index is 0.0726. The Morgan fingerprint density at radius 3 is 2.59 bits per heavy atom. The molecule has 0 atom stereocenters. The van der Waals surface area contributed by atoms with Crippen molar-refractivity contribution in [3.05, 3.63) is 65.5 Å². The highest BCUT2D eigenvalue weighted by Gasteiger charge is 2.05. The van der Waals surface area contributed by atoms with Gasteiger partial charge in [0.15, 0.2) is 11.6 Å². The van der Waals surface area contributed by atoms with Crippen molar-refractivity contribution >= 4 is 12.0 Å². The number of halogens is 1. The van der Waals surface area contributed by atoms with Crippen LogP contribution >= 0.6 is 0 Å². The molecule has 1 N–H and O–H groups in total. The monoisotopic (exact) mass is 302 g/mol. The fourth-order valence-corrected chi connectivity index (χ4v) is 1.78. The van der Waals surface area contributed by atoms with Gasteiger partial charge in [0.05, 0.1) is 7.11 Å². The van der Waals surface area contributed by atoms with Crippen LogP contribution in [-0.2, 0) is 11.4 Å². The minimum Gasteiger partial charge on any atom is -0.497 e. The number of carboxylic acids is 1. The van der Waals surface area contributed by atoms with E-state index in [1.807, 2.05) is 12.1 Å². The summed E-state index contributed by atoms with van der Waals surface area (Å²) >= 11 is 0. The van der Waals surface area contributed by atoms with Gasteiger partial charge in [-0.2, -0.15) is 0 Å². The fraction of sp³-hybridized carbons (Fsp3) is 0.118. The third kappa shape index (κ3) is 4.34. The second kappa shape index (κ2) is 7.26. The van der Waals surface area contributed by atoms with Gasteiger partial charge in [-0.05, 0) is 41.5 Å². The Morgan fingerprint density at radius 1 is 1.23 bits per heavy atom. The first-order valence-electron chi connectivity index (χ1n) is 6.55. The molecule has 0 unspecified atom stereocenters. The second-order valence-corrected chi connectivity index (χ2v) is 4.50. The number of carboxylic acid groups (broad SMARTS) is 1. The minimum atomic E-state index is -1.06. The Bertz CT molecular complexity index is 678. The predicted molar refractivity (Wildman–Crippen MR) is 80.4 cm³/mol. The van der Waals surface area contributed by atoms with E-state index in [-0.39, 0.29) is 12.4 Å². The normalized spacial score (nSPS) is 10.6. The first kappa shape index (κ1) is 15.6. The van der Waals surface area contributed by atoms with Gasteiger partial charge in [0.25, 0.3) is 0 Å². The van der Waals surface area contributed by atoms with Crippen LogP contribution in [0.4, 0.5) is 4.39 Å². The lowest BCUT2D eigenvalue weighted by Crippen LogP contribution is -1.98. The highest BCUT2D eigenvalue weighted by Crippen LogP contribution is 2.21. The summed E-state index contributed by atoms with van der Waals surface area (Å²) in [4.78, 5) is 10.5. The molecule has 2 aromatic carbocycles. The third-order valence-corrected chi connectivity index (χ3v) is 2.93. The van der Waals surface area contributed by atoms with E-state index in [2.05, 4.69) is 0 Å². The van der Waals surface area contributed by atoms with Crippen LogP contribution in [0, 0.1) is 5.82 Å². The Morgan fingerprint density at radius 2 is 1.95 bits per heavy atom. The smallest absolute Gasteiger partial charge is 0.328 e. The summed E-state index contributed by atoms with van der Waals surface area (Å²) in [7, 11) is 1.58. The fourth-order valence-electron chi connectivity index (χ4n) is 1.78. The summed E-state index contributed by atoms with van der Waals surface area (Å²) < 4.78 is 24.2. The van der Waals surface area contributed by atoms with Gasteiger partial charge in [-0.25, -0.2) is 9.18 Å². The van der Waals surface area contributed by atoms with E-state index in [1.165, 1.54) is 24.3 Å². The second-order valence-electron chi connectivity index (χ2n) is 4.50. The maximum atomic E-state index is 13.7. The molecule has 0 saturated carbocycles. The molecule has 0 aliphatic rings. The Hall–Kier alpha value is -2.82. The predicted octanol–water partition coefficient (Wildman–Crippen LogP) is 3.51. The lowest BCUT2D eigenvalue weighted by atomic mass is 10.2. The molecule has 2 aromatic rings. The average molecular weight is 302 g/mol. The standard InChI is InChI=1S/C17H15FO4/c1-21-14-6-2-13(3-7-14)11-22-16-10-12(4-8-15(16)18)5-9-17(19)20/h2-10H,11H2,1H3,(H,19,20)/b9-5+. The summed E-state index contributed by atoms with van der Waals surface area (Å²) in [5.74, 6) is -0.759. The molecule has 0 saturated heterocycles. The van der Waals surface area contributed by atoms with Crippen molar-refractivity contribution in [2.45, 2.75) is 6.61 Å².